The number of piperidine rings is 1. The van der Waals surface area contributed by atoms with Crippen molar-refractivity contribution in [2.75, 3.05) is 52.2 Å². The molecule has 0 aromatic heterocycles. The summed E-state index contributed by atoms with van der Waals surface area (Å²) in [5.41, 5.74) is 3.56. The van der Waals surface area contributed by atoms with E-state index in [1.165, 1.54) is 63.6 Å². The van der Waals surface area contributed by atoms with Crippen LogP contribution in [0.4, 0.5) is 5.69 Å². The van der Waals surface area contributed by atoms with Crippen LogP contribution >= 0.6 is 0 Å². The van der Waals surface area contributed by atoms with Crippen LogP contribution in [0.2, 0.25) is 0 Å². The molecule has 5 heteroatoms. The van der Waals surface area contributed by atoms with Gasteiger partial charge in [-0.05, 0) is 82.9 Å². The SMILES string of the molecule is CCC1CC(C)CCN1CCCCCCNc1ccc(CN(C)C)cc1C1=NCCO1. The van der Waals surface area contributed by atoms with Gasteiger partial charge in [-0.3, -0.25) is 0 Å². The number of ether oxygens (including phenoxy) is 1. The predicted octanol–water partition coefficient (Wildman–Crippen LogP) is 5.01. The van der Waals surface area contributed by atoms with Crippen molar-refractivity contribution < 1.29 is 4.74 Å². The van der Waals surface area contributed by atoms with Crippen LogP contribution in [0.25, 0.3) is 0 Å². The molecule has 1 fully saturated rings. The van der Waals surface area contributed by atoms with E-state index in [1.807, 2.05) is 0 Å². The first-order valence-corrected chi connectivity index (χ1v) is 12.5. The summed E-state index contributed by atoms with van der Waals surface area (Å²) in [6.07, 6.45) is 9.24. The molecule has 0 radical (unpaired) electrons. The Balaban J connectivity index is 1.40. The molecule has 1 aromatic carbocycles. The van der Waals surface area contributed by atoms with E-state index in [-0.39, 0.29) is 0 Å². The Morgan fingerprint density at radius 1 is 1.19 bits per heavy atom. The largest absolute Gasteiger partial charge is 0.475 e. The van der Waals surface area contributed by atoms with Gasteiger partial charge in [-0.15, -0.1) is 0 Å². The van der Waals surface area contributed by atoms with Gasteiger partial charge in [0.1, 0.15) is 6.61 Å². The molecular weight excluding hydrogens is 384 g/mol. The van der Waals surface area contributed by atoms with E-state index in [0.29, 0.717) is 6.61 Å². The molecule has 5 nitrogen and oxygen atoms in total. The van der Waals surface area contributed by atoms with Crippen molar-refractivity contribution in [2.24, 2.45) is 10.9 Å². The van der Waals surface area contributed by atoms with E-state index in [1.54, 1.807) is 0 Å². The smallest absolute Gasteiger partial charge is 0.218 e. The molecule has 0 spiro atoms. The van der Waals surface area contributed by atoms with Crippen molar-refractivity contribution in [3.05, 3.63) is 29.3 Å². The molecule has 0 saturated carbocycles. The molecule has 1 saturated heterocycles. The first kappa shape index (κ1) is 24.1. The number of nitrogens with one attached hydrogen (secondary N) is 1. The van der Waals surface area contributed by atoms with Crippen LogP contribution in [0.3, 0.4) is 0 Å². The van der Waals surface area contributed by atoms with Crippen LogP contribution in [0, 0.1) is 5.92 Å². The molecular formula is C26H44N4O. The highest BCUT2D eigenvalue weighted by Gasteiger charge is 2.24. The van der Waals surface area contributed by atoms with Gasteiger partial charge in [-0.25, -0.2) is 4.99 Å². The monoisotopic (exact) mass is 428 g/mol. The van der Waals surface area contributed by atoms with Gasteiger partial charge in [-0.2, -0.15) is 0 Å². The number of anilines is 1. The maximum Gasteiger partial charge on any atom is 0.218 e. The van der Waals surface area contributed by atoms with Crippen LogP contribution < -0.4 is 5.32 Å². The molecule has 31 heavy (non-hydrogen) atoms. The maximum atomic E-state index is 5.77. The zero-order valence-electron chi connectivity index (χ0n) is 20.3. The minimum absolute atomic E-state index is 0.696. The van der Waals surface area contributed by atoms with Crippen LogP contribution in [0.1, 0.15) is 69.9 Å². The Kier molecular flexibility index (Phi) is 9.66. The third kappa shape index (κ3) is 7.50. The fraction of sp³-hybridized carbons (Fsp3) is 0.731. The summed E-state index contributed by atoms with van der Waals surface area (Å²) in [7, 11) is 4.20. The highest BCUT2D eigenvalue weighted by atomic mass is 16.5. The highest BCUT2D eigenvalue weighted by molar-refractivity contribution is 6.00. The minimum atomic E-state index is 0.696. The second kappa shape index (κ2) is 12.4. The molecule has 2 aliphatic heterocycles. The van der Waals surface area contributed by atoms with Gasteiger partial charge in [0.2, 0.25) is 5.90 Å². The average molecular weight is 429 g/mol. The average Bonchev–Trinajstić information content (AvgIpc) is 3.29. The minimum Gasteiger partial charge on any atom is -0.475 e. The number of hydrogen-bond donors (Lipinski definition) is 1. The van der Waals surface area contributed by atoms with Crippen molar-refractivity contribution in [2.45, 2.75) is 71.4 Å². The second-order valence-electron chi connectivity index (χ2n) is 9.72. The standard InChI is InChI=1S/C26H44N4O/c1-5-23-18-21(2)12-16-30(23)15-9-7-6-8-13-27-25-11-10-22(20-29(3)4)19-24(25)26-28-14-17-31-26/h10-11,19,21,23,27H,5-9,12-18,20H2,1-4H3. The summed E-state index contributed by atoms with van der Waals surface area (Å²) >= 11 is 0. The van der Waals surface area contributed by atoms with Crippen LogP contribution in [0.5, 0.6) is 0 Å². The molecule has 2 aliphatic rings. The molecule has 2 unspecified atom stereocenters. The van der Waals surface area contributed by atoms with E-state index in [0.717, 1.165) is 48.7 Å². The molecule has 1 N–H and O–H groups in total. The molecule has 3 rings (SSSR count). The summed E-state index contributed by atoms with van der Waals surface area (Å²) < 4.78 is 5.77. The van der Waals surface area contributed by atoms with Gasteiger partial charge >= 0.3 is 0 Å². The normalized spacial score (nSPS) is 21.9. The number of hydrogen-bond acceptors (Lipinski definition) is 5. The van der Waals surface area contributed by atoms with E-state index in [4.69, 9.17) is 4.74 Å². The Labute approximate surface area is 190 Å². The van der Waals surface area contributed by atoms with Gasteiger partial charge < -0.3 is 19.9 Å². The lowest BCUT2D eigenvalue weighted by Gasteiger charge is -2.38. The highest BCUT2D eigenvalue weighted by Crippen LogP contribution is 2.25. The Morgan fingerprint density at radius 2 is 2.03 bits per heavy atom. The lowest BCUT2D eigenvalue weighted by molar-refractivity contribution is 0.112. The van der Waals surface area contributed by atoms with E-state index < -0.39 is 0 Å². The van der Waals surface area contributed by atoms with Crippen LogP contribution in [0.15, 0.2) is 23.2 Å². The molecule has 0 bridgehead atoms. The molecule has 2 heterocycles. The van der Waals surface area contributed by atoms with Crippen LogP contribution in [-0.4, -0.2) is 68.6 Å². The number of unbranched alkanes of at least 4 members (excludes halogenated alkanes) is 3. The molecule has 1 aromatic rings. The Morgan fingerprint density at radius 3 is 2.77 bits per heavy atom. The van der Waals surface area contributed by atoms with Gasteiger partial charge in [-0.1, -0.05) is 32.8 Å². The molecule has 2 atom stereocenters. The lowest BCUT2D eigenvalue weighted by Crippen LogP contribution is -2.42. The van der Waals surface area contributed by atoms with Gasteiger partial charge in [0.05, 0.1) is 12.1 Å². The fourth-order valence-corrected chi connectivity index (χ4v) is 4.92. The number of rotatable bonds is 12. The maximum absolute atomic E-state index is 5.77. The van der Waals surface area contributed by atoms with Crippen molar-refractivity contribution >= 4 is 11.6 Å². The summed E-state index contributed by atoms with van der Waals surface area (Å²) in [6, 6.07) is 7.46. The molecule has 174 valence electrons. The summed E-state index contributed by atoms with van der Waals surface area (Å²) in [6.45, 7) is 10.8. The van der Waals surface area contributed by atoms with Gasteiger partial charge in [0.25, 0.3) is 0 Å². The zero-order chi connectivity index (χ0) is 22.1. The van der Waals surface area contributed by atoms with Crippen LogP contribution in [-0.2, 0) is 11.3 Å². The third-order valence-corrected chi connectivity index (χ3v) is 6.66. The topological polar surface area (TPSA) is 40.1 Å². The van der Waals surface area contributed by atoms with Crippen molar-refractivity contribution in [1.82, 2.24) is 9.80 Å². The van der Waals surface area contributed by atoms with Crippen molar-refractivity contribution in [1.29, 1.82) is 0 Å². The Bertz CT molecular complexity index is 703. The van der Waals surface area contributed by atoms with Gasteiger partial charge in [0, 0.05) is 24.8 Å². The summed E-state index contributed by atoms with van der Waals surface area (Å²) in [4.78, 5) is 9.50. The first-order valence-electron chi connectivity index (χ1n) is 12.5. The van der Waals surface area contributed by atoms with Crippen molar-refractivity contribution in [3.8, 4) is 0 Å². The first-order chi connectivity index (χ1) is 15.1. The summed E-state index contributed by atoms with van der Waals surface area (Å²) in [5, 5.41) is 3.65. The van der Waals surface area contributed by atoms with E-state index >= 15 is 0 Å². The number of likely N-dealkylation sites (tertiary alicyclic amines) is 1. The van der Waals surface area contributed by atoms with E-state index in [2.05, 4.69) is 66.3 Å². The number of benzene rings is 1. The van der Waals surface area contributed by atoms with Crippen molar-refractivity contribution in [3.63, 3.8) is 0 Å². The summed E-state index contributed by atoms with van der Waals surface area (Å²) in [5.74, 6) is 1.71. The molecule has 0 aliphatic carbocycles. The Hall–Kier alpha value is -1.59. The predicted molar refractivity (Wildman–Crippen MR) is 132 cm³/mol. The number of aliphatic imine (C=N–C) groups is 1. The lowest BCUT2D eigenvalue weighted by atomic mass is 9.91. The fourth-order valence-electron chi connectivity index (χ4n) is 4.92. The zero-order valence-corrected chi connectivity index (χ0v) is 20.3. The van der Waals surface area contributed by atoms with E-state index in [9.17, 15) is 0 Å². The second-order valence-corrected chi connectivity index (χ2v) is 9.72. The number of nitrogens with zero attached hydrogens (tertiary/aromatic N) is 3. The quantitative estimate of drug-likeness (QED) is 0.475. The third-order valence-electron chi connectivity index (χ3n) is 6.66. The molecule has 0 amide bonds. The van der Waals surface area contributed by atoms with Gasteiger partial charge in [0.15, 0.2) is 0 Å².